The molecule has 2 fully saturated rings. The maximum absolute atomic E-state index is 11.5. The number of rotatable bonds is 3. The minimum absolute atomic E-state index is 0.189. The molecule has 1 N–H and O–H groups in total. The van der Waals surface area contributed by atoms with Gasteiger partial charge in [-0.1, -0.05) is 13.8 Å². The number of ether oxygens (including phenoxy) is 1. The van der Waals surface area contributed by atoms with Crippen LogP contribution in [-0.2, 0) is 9.53 Å². The molecule has 4 nitrogen and oxygen atoms in total. The first-order valence-electron chi connectivity index (χ1n) is 6.61. The van der Waals surface area contributed by atoms with Crippen molar-refractivity contribution in [1.82, 2.24) is 4.90 Å². The molecule has 0 aromatic carbocycles. The van der Waals surface area contributed by atoms with Crippen LogP contribution in [0.25, 0.3) is 0 Å². The first-order valence-corrected chi connectivity index (χ1v) is 6.61. The van der Waals surface area contributed by atoms with E-state index in [1.54, 1.807) is 0 Å². The van der Waals surface area contributed by atoms with Crippen molar-refractivity contribution in [2.45, 2.75) is 39.2 Å². The summed E-state index contributed by atoms with van der Waals surface area (Å²) in [6, 6.07) is 0.434. The lowest BCUT2D eigenvalue weighted by molar-refractivity contribution is -0.151. The van der Waals surface area contributed by atoms with E-state index in [0.717, 1.165) is 39.0 Å². The van der Waals surface area contributed by atoms with Gasteiger partial charge in [0.1, 0.15) is 0 Å². The molecular weight excluding hydrogens is 218 g/mol. The van der Waals surface area contributed by atoms with Gasteiger partial charge < -0.3 is 9.84 Å². The first-order chi connectivity index (χ1) is 8.06. The molecule has 98 valence electrons. The number of hydrogen-bond donors (Lipinski definition) is 1. The largest absolute Gasteiger partial charge is 0.481 e. The number of hydrogen-bond acceptors (Lipinski definition) is 3. The average Bonchev–Trinajstić information content (AvgIpc) is 2.76. The maximum atomic E-state index is 11.5. The van der Waals surface area contributed by atoms with E-state index >= 15 is 0 Å². The molecule has 2 rings (SSSR count). The van der Waals surface area contributed by atoms with Gasteiger partial charge in [0.05, 0.1) is 12.0 Å². The fraction of sp³-hybridized carbons (Fsp3) is 0.923. The minimum Gasteiger partial charge on any atom is -0.481 e. The molecule has 2 saturated heterocycles. The van der Waals surface area contributed by atoms with Crippen LogP contribution < -0.4 is 0 Å². The molecule has 4 heteroatoms. The number of nitrogens with zero attached hydrogens (tertiary/aromatic N) is 1. The van der Waals surface area contributed by atoms with Crippen LogP contribution in [0.5, 0.6) is 0 Å². The van der Waals surface area contributed by atoms with Crippen molar-refractivity contribution in [3.63, 3.8) is 0 Å². The molecular formula is C13H23NO3. The Hall–Kier alpha value is -0.610. The van der Waals surface area contributed by atoms with Crippen molar-refractivity contribution in [2.75, 3.05) is 26.3 Å². The second-order valence-corrected chi connectivity index (χ2v) is 5.71. The zero-order valence-corrected chi connectivity index (χ0v) is 10.8. The van der Waals surface area contributed by atoms with Crippen molar-refractivity contribution in [2.24, 2.45) is 11.3 Å². The summed E-state index contributed by atoms with van der Waals surface area (Å²) in [5.74, 6) is -0.443. The quantitative estimate of drug-likeness (QED) is 0.815. The van der Waals surface area contributed by atoms with Crippen molar-refractivity contribution in [1.29, 1.82) is 0 Å². The molecule has 0 amide bonds. The van der Waals surface area contributed by atoms with E-state index in [9.17, 15) is 9.90 Å². The van der Waals surface area contributed by atoms with Crippen molar-refractivity contribution in [3.05, 3.63) is 0 Å². The Morgan fingerprint density at radius 2 is 2.29 bits per heavy atom. The highest BCUT2D eigenvalue weighted by molar-refractivity contribution is 5.75. The lowest BCUT2D eigenvalue weighted by Crippen LogP contribution is -2.44. The molecule has 2 heterocycles. The standard InChI is InChI=1S/C13H23NO3/c1-10(2)13(12(15)16)5-6-14(9-13)11-4-3-7-17-8-11/h10-11H,3-9H2,1-2H3,(H,15,16). The van der Waals surface area contributed by atoms with Crippen LogP contribution in [0.4, 0.5) is 0 Å². The summed E-state index contributed by atoms with van der Waals surface area (Å²) in [6.45, 7) is 7.27. The van der Waals surface area contributed by atoms with Crippen molar-refractivity contribution < 1.29 is 14.6 Å². The summed E-state index contributed by atoms with van der Waals surface area (Å²) in [4.78, 5) is 13.9. The lowest BCUT2D eigenvalue weighted by Gasteiger charge is -2.33. The highest BCUT2D eigenvalue weighted by atomic mass is 16.5. The average molecular weight is 241 g/mol. The Kier molecular flexibility index (Phi) is 3.73. The molecule has 0 aliphatic carbocycles. The molecule has 2 unspecified atom stereocenters. The first kappa shape index (κ1) is 12.8. The maximum Gasteiger partial charge on any atom is 0.311 e. The summed E-state index contributed by atoms with van der Waals surface area (Å²) < 4.78 is 5.49. The van der Waals surface area contributed by atoms with E-state index < -0.39 is 11.4 Å². The molecule has 2 aliphatic heterocycles. The van der Waals surface area contributed by atoms with E-state index in [-0.39, 0.29) is 5.92 Å². The van der Waals surface area contributed by atoms with E-state index in [1.165, 1.54) is 0 Å². The molecule has 0 radical (unpaired) electrons. The predicted molar refractivity (Wildman–Crippen MR) is 64.9 cm³/mol. The van der Waals surface area contributed by atoms with Crippen LogP contribution in [0.15, 0.2) is 0 Å². The third-order valence-corrected chi connectivity index (χ3v) is 4.51. The van der Waals surface area contributed by atoms with E-state index in [2.05, 4.69) is 4.90 Å². The van der Waals surface area contributed by atoms with Gasteiger partial charge in [-0.15, -0.1) is 0 Å². The number of carboxylic acid groups (broad SMARTS) is 1. The SMILES string of the molecule is CC(C)C1(C(=O)O)CCN(C2CCCOC2)C1. The Bertz CT molecular complexity index is 286. The van der Waals surface area contributed by atoms with E-state index in [4.69, 9.17) is 4.74 Å². The summed E-state index contributed by atoms with van der Waals surface area (Å²) in [6.07, 6.45) is 3.02. The Balaban J connectivity index is 2.03. The summed E-state index contributed by atoms with van der Waals surface area (Å²) in [7, 11) is 0. The van der Waals surface area contributed by atoms with Gasteiger partial charge in [-0.3, -0.25) is 9.69 Å². The zero-order valence-electron chi connectivity index (χ0n) is 10.8. The predicted octanol–water partition coefficient (Wildman–Crippen LogP) is 1.60. The highest BCUT2D eigenvalue weighted by Crippen LogP contribution is 2.39. The van der Waals surface area contributed by atoms with Crippen LogP contribution >= 0.6 is 0 Å². The summed E-state index contributed by atoms with van der Waals surface area (Å²) >= 11 is 0. The van der Waals surface area contributed by atoms with Crippen LogP contribution in [0, 0.1) is 11.3 Å². The third-order valence-electron chi connectivity index (χ3n) is 4.51. The molecule has 17 heavy (non-hydrogen) atoms. The topological polar surface area (TPSA) is 49.8 Å². The molecule has 2 aliphatic rings. The van der Waals surface area contributed by atoms with Crippen LogP contribution in [0.2, 0.25) is 0 Å². The summed E-state index contributed by atoms with van der Waals surface area (Å²) in [5.41, 5.74) is -0.544. The molecule has 2 atom stereocenters. The van der Waals surface area contributed by atoms with Gasteiger partial charge in [0.25, 0.3) is 0 Å². The minimum atomic E-state index is -0.633. The molecule has 0 spiro atoms. The smallest absolute Gasteiger partial charge is 0.311 e. The number of aliphatic carboxylic acids is 1. The third kappa shape index (κ3) is 2.33. The van der Waals surface area contributed by atoms with Gasteiger partial charge in [0, 0.05) is 19.2 Å². The van der Waals surface area contributed by atoms with Crippen molar-refractivity contribution in [3.8, 4) is 0 Å². The Morgan fingerprint density at radius 1 is 1.53 bits per heavy atom. The van der Waals surface area contributed by atoms with Gasteiger partial charge in [0.15, 0.2) is 0 Å². The van der Waals surface area contributed by atoms with Crippen molar-refractivity contribution >= 4 is 5.97 Å². The molecule has 0 aromatic heterocycles. The second-order valence-electron chi connectivity index (χ2n) is 5.71. The molecule has 0 bridgehead atoms. The summed E-state index contributed by atoms with van der Waals surface area (Å²) in [5, 5.41) is 9.49. The van der Waals surface area contributed by atoms with Crippen LogP contribution in [-0.4, -0.2) is 48.3 Å². The lowest BCUT2D eigenvalue weighted by atomic mass is 9.76. The van der Waals surface area contributed by atoms with Gasteiger partial charge in [-0.2, -0.15) is 0 Å². The number of likely N-dealkylation sites (tertiary alicyclic amines) is 1. The normalized spacial score (nSPS) is 35.4. The van der Waals surface area contributed by atoms with Gasteiger partial charge in [-0.25, -0.2) is 0 Å². The Labute approximate surface area is 103 Å². The Morgan fingerprint density at radius 3 is 2.76 bits per heavy atom. The van der Waals surface area contributed by atoms with Gasteiger partial charge >= 0.3 is 5.97 Å². The molecule has 0 aromatic rings. The molecule has 0 saturated carbocycles. The zero-order chi connectivity index (χ0) is 12.5. The fourth-order valence-corrected chi connectivity index (χ4v) is 3.08. The van der Waals surface area contributed by atoms with Gasteiger partial charge in [-0.05, 0) is 31.7 Å². The van der Waals surface area contributed by atoms with E-state index in [1.807, 2.05) is 13.8 Å². The van der Waals surface area contributed by atoms with Crippen LogP contribution in [0.1, 0.15) is 33.1 Å². The number of carbonyl (C=O) groups is 1. The fourth-order valence-electron chi connectivity index (χ4n) is 3.08. The second kappa shape index (κ2) is 4.94. The monoisotopic (exact) mass is 241 g/mol. The van der Waals surface area contributed by atoms with Crippen LogP contribution in [0.3, 0.4) is 0 Å². The highest BCUT2D eigenvalue weighted by Gasteiger charge is 2.48. The van der Waals surface area contributed by atoms with Gasteiger partial charge in [0.2, 0.25) is 0 Å². The van der Waals surface area contributed by atoms with E-state index in [0.29, 0.717) is 12.6 Å². The number of carboxylic acids is 1.